The molecule has 0 radical (unpaired) electrons. The fraction of sp³-hybridized carbons (Fsp3) is 0.438. The second-order valence-electron chi connectivity index (χ2n) is 5.09. The van der Waals surface area contributed by atoms with E-state index >= 15 is 0 Å². The van der Waals surface area contributed by atoms with E-state index in [0.717, 1.165) is 31.4 Å². The maximum atomic E-state index is 13.0. The van der Waals surface area contributed by atoms with Crippen LogP contribution in [0.2, 0.25) is 0 Å². The molecule has 1 fully saturated rings. The molecule has 1 aromatic carbocycles. The molecule has 0 aromatic heterocycles. The Morgan fingerprint density at radius 2 is 2.35 bits per heavy atom. The maximum Gasteiger partial charge on any atom is 0.321 e. The summed E-state index contributed by atoms with van der Waals surface area (Å²) in [5, 5.41) is 2.77. The summed E-state index contributed by atoms with van der Waals surface area (Å²) in [5.41, 5.74) is 0.732. The fourth-order valence-electron chi connectivity index (χ4n) is 2.59. The van der Waals surface area contributed by atoms with E-state index < -0.39 is 0 Å². The Morgan fingerprint density at radius 3 is 3.10 bits per heavy atom. The number of piperidine rings is 1. The lowest BCUT2D eigenvalue weighted by Crippen LogP contribution is -2.47. The number of carbonyl (C=O) groups excluding carboxylic acids is 1. The minimum atomic E-state index is -0.277. The van der Waals surface area contributed by atoms with E-state index in [-0.39, 0.29) is 11.8 Å². The number of rotatable bonds is 3. The zero-order valence-electron chi connectivity index (χ0n) is 11.8. The molecule has 3 nitrogen and oxygen atoms in total. The SMILES string of the molecule is CCC1CCCCN1C(=O)N/C=C/c1cccc(F)c1. The highest BCUT2D eigenvalue weighted by molar-refractivity contribution is 5.76. The summed E-state index contributed by atoms with van der Waals surface area (Å²) in [6.07, 6.45) is 7.61. The third-order valence-electron chi connectivity index (χ3n) is 3.69. The van der Waals surface area contributed by atoms with Crippen LogP contribution in [0, 0.1) is 5.82 Å². The Bertz CT molecular complexity index is 487. The van der Waals surface area contributed by atoms with Crippen molar-refractivity contribution in [2.45, 2.75) is 38.6 Å². The van der Waals surface area contributed by atoms with Crippen LogP contribution in [-0.4, -0.2) is 23.5 Å². The predicted octanol–water partition coefficient (Wildman–Crippen LogP) is 3.77. The first-order chi connectivity index (χ1) is 9.70. The number of benzene rings is 1. The van der Waals surface area contributed by atoms with E-state index in [1.54, 1.807) is 24.4 Å². The molecule has 0 spiro atoms. The second-order valence-corrected chi connectivity index (χ2v) is 5.09. The zero-order chi connectivity index (χ0) is 14.4. The summed E-state index contributed by atoms with van der Waals surface area (Å²) in [6.45, 7) is 2.93. The number of carbonyl (C=O) groups is 1. The van der Waals surface area contributed by atoms with Gasteiger partial charge >= 0.3 is 6.03 Å². The standard InChI is InChI=1S/C16H21FN2O/c1-2-15-8-3-4-11-19(15)16(20)18-10-9-13-6-5-7-14(17)12-13/h5-7,9-10,12,15H,2-4,8,11H2,1H3,(H,18,20)/b10-9+. The van der Waals surface area contributed by atoms with Gasteiger partial charge in [-0.3, -0.25) is 0 Å². The molecule has 0 bridgehead atoms. The molecule has 0 saturated carbocycles. The molecule has 1 aliphatic rings. The maximum absolute atomic E-state index is 13.0. The van der Waals surface area contributed by atoms with E-state index in [1.165, 1.54) is 18.6 Å². The Hall–Kier alpha value is -1.84. The van der Waals surface area contributed by atoms with Crippen LogP contribution < -0.4 is 5.32 Å². The van der Waals surface area contributed by atoms with Crippen LogP contribution in [0.3, 0.4) is 0 Å². The van der Waals surface area contributed by atoms with Crippen LogP contribution in [0.5, 0.6) is 0 Å². The van der Waals surface area contributed by atoms with Crippen molar-refractivity contribution in [1.82, 2.24) is 10.2 Å². The number of halogens is 1. The smallest absolute Gasteiger partial charge is 0.321 e. The molecular formula is C16H21FN2O. The van der Waals surface area contributed by atoms with Crippen LogP contribution >= 0.6 is 0 Å². The topological polar surface area (TPSA) is 32.3 Å². The highest BCUT2D eigenvalue weighted by Crippen LogP contribution is 2.19. The Kier molecular flexibility index (Phi) is 5.16. The van der Waals surface area contributed by atoms with Crippen LogP contribution in [-0.2, 0) is 0 Å². The highest BCUT2D eigenvalue weighted by atomic mass is 19.1. The summed E-state index contributed by atoms with van der Waals surface area (Å²) in [7, 11) is 0. The zero-order valence-corrected chi connectivity index (χ0v) is 11.8. The van der Waals surface area contributed by atoms with Gasteiger partial charge in [0, 0.05) is 18.8 Å². The Balaban J connectivity index is 1.91. The molecule has 0 aliphatic carbocycles. The lowest BCUT2D eigenvalue weighted by Gasteiger charge is -2.34. The van der Waals surface area contributed by atoms with E-state index in [4.69, 9.17) is 0 Å². The van der Waals surface area contributed by atoms with Gasteiger partial charge in [-0.15, -0.1) is 0 Å². The molecule has 1 aliphatic heterocycles. The lowest BCUT2D eigenvalue weighted by molar-refractivity contribution is 0.152. The van der Waals surface area contributed by atoms with Gasteiger partial charge in [0.25, 0.3) is 0 Å². The molecule has 2 amide bonds. The number of nitrogens with one attached hydrogen (secondary N) is 1. The van der Waals surface area contributed by atoms with Crippen LogP contribution in [0.4, 0.5) is 9.18 Å². The van der Waals surface area contributed by atoms with Gasteiger partial charge in [0.2, 0.25) is 0 Å². The van der Waals surface area contributed by atoms with Gasteiger partial charge < -0.3 is 10.2 Å². The Labute approximate surface area is 119 Å². The molecule has 1 N–H and O–H groups in total. The summed E-state index contributed by atoms with van der Waals surface area (Å²) in [6, 6.07) is 6.54. The molecule has 1 atom stereocenters. The van der Waals surface area contributed by atoms with Crippen molar-refractivity contribution in [3.8, 4) is 0 Å². The molecule has 1 heterocycles. The predicted molar refractivity (Wildman–Crippen MR) is 78.6 cm³/mol. The molecule has 4 heteroatoms. The van der Waals surface area contributed by atoms with Gasteiger partial charge in [0.1, 0.15) is 5.82 Å². The quantitative estimate of drug-likeness (QED) is 0.895. The lowest BCUT2D eigenvalue weighted by atomic mass is 10.0. The summed E-state index contributed by atoms with van der Waals surface area (Å²) >= 11 is 0. The van der Waals surface area contributed by atoms with E-state index in [1.807, 2.05) is 4.90 Å². The minimum absolute atomic E-state index is 0.0656. The van der Waals surface area contributed by atoms with Crippen LogP contribution in [0.15, 0.2) is 30.5 Å². The van der Waals surface area contributed by atoms with Crippen LogP contribution in [0.1, 0.15) is 38.2 Å². The van der Waals surface area contributed by atoms with E-state index in [0.29, 0.717) is 6.04 Å². The Morgan fingerprint density at radius 1 is 1.50 bits per heavy atom. The van der Waals surface area contributed by atoms with Gasteiger partial charge in [-0.05, 0) is 49.5 Å². The number of likely N-dealkylation sites (tertiary alicyclic amines) is 1. The number of hydrogen-bond donors (Lipinski definition) is 1. The molecule has 108 valence electrons. The first-order valence-electron chi connectivity index (χ1n) is 7.20. The van der Waals surface area contributed by atoms with Crippen molar-refractivity contribution in [2.75, 3.05) is 6.54 Å². The van der Waals surface area contributed by atoms with Crippen molar-refractivity contribution < 1.29 is 9.18 Å². The van der Waals surface area contributed by atoms with Gasteiger partial charge in [0.15, 0.2) is 0 Å². The molecule has 20 heavy (non-hydrogen) atoms. The first-order valence-corrected chi connectivity index (χ1v) is 7.20. The van der Waals surface area contributed by atoms with Crippen molar-refractivity contribution >= 4 is 12.1 Å². The van der Waals surface area contributed by atoms with Crippen molar-refractivity contribution in [2.24, 2.45) is 0 Å². The van der Waals surface area contributed by atoms with E-state index in [2.05, 4.69) is 12.2 Å². The third-order valence-corrected chi connectivity index (χ3v) is 3.69. The number of urea groups is 1. The molecule has 1 unspecified atom stereocenters. The number of nitrogens with zero attached hydrogens (tertiary/aromatic N) is 1. The van der Waals surface area contributed by atoms with Gasteiger partial charge in [0.05, 0.1) is 0 Å². The normalized spacial score (nSPS) is 19.3. The molecule has 1 saturated heterocycles. The number of hydrogen-bond acceptors (Lipinski definition) is 1. The van der Waals surface area contributed by atoms with Crippen LogP contribution in [0.25, 0.3) is 6.08 Å². The molecular weight excluding hydrogens is 255 g/mol. The largest absolute Gasteiger partial charge is 0.322 e. The van der Waals surface area contributed by atoms with Gasteiger partial charge in [-0.2, -0.15) is 0 Å². The van der Waals surface area contributed by atoms with Crippen molar-refractivity contribution in [1.29, 1.82) is 0 Å². The average molecular weight is 276 g/mol. The van der Waals surface area contributed by atoms with Crippen molar-refractivity contribution in [3.05, 3.63) is 41.8 Å². The second kappa shape index (κ2) is 7.08. The van der Waals surface area contributed by atoms with Crippen molar-refractivity contribution in [3.63, 3.8) is 0 Å². The third kappa shape index (κ3) is 3.83. The van der Waals surface area contributed by atoms with Gasteiger partial charge in [-0.1, -0.05) is 19.1 Å². The van der Waals surface area contributed by atoms with Gasteiger partial charge in [-0.25, -0.2) is 9.18 Å². The summed E-state index contributed by atoms with van der Waals surface area (Å²) < 4.78 is 13.0. The highest BCUT2D eigenvalue weighted by Gasteiger charge is 2.24. The average Bonchev–Trinajstić information content (AvgIpc) is 2.47. The number of amides is 2. The summed E-state index contributed by atoms with van der Waals surface area (Å²) in [5.74, 6) is -0.277. The fourth-order valence-corrected chi connectivity index (χ4v) is 2.59. The monoisotopic (exact) mass is 276 g/mol. The first kappa shape index (κ1) is 14.6. The summed E-state index contributed by atoms with van der Waals surface area (Å²) in [4.78, 5) is 14.0. The minimum Gasteiger partial charge on any atom is -0.322 e. The molecule has 2 rings (SSSR count). The van der Waals surface area contributed by atoms with E-state index in [9.17, 15) is 9.18 Å². The molecule has 1 aromatic rings.